The molecule has 0 aromatic heterocycles. The quantitative estimate of drug-likeness (QED) is 0.781. The largest absolute Gasteiger partial charge is 0.299 e. The lowest BCUT2D eigenvalue weighted by molar-refractivity contribution is -0.120. The van der Waals surface area contributed by atoms with Crippen molar-refractivity contribution >= 4 is 11.6 Å². The van der Waals surface area contributed by atoms with Crippen molar-refractivity contribution < 1.29 is 4.79 Å². The van der Waals surface area contributed by atoms with Crippen molar-refractivity contribution in [2.45, 2.75) is 44.9 Å². The molecule has 1 aliphatic carbocycles. The third-order valence-electron chi connectivity index (χ3n) is 3.62. The number of rotatable bonds is 5. The first-order chi connectivity index (χ1) is 8.84. The van der Waals surface area contributed by atoms with E-state index >= 15 is 0 Å². The first-order valence-corrected chi connectivity index (χ1v) is 6.94. The van der Waals surface area contributed by atoms with E-state index in [9.17, 15) is 4.79 Å². The maximum atomic E-state index is 11.7. The molecule has 1 aromatic carbocycles. The highest BCUT2D eigenvalue weighted by atomic mass is 16.2. The molecule has 0 saturated heterocycles. The van der Waals surface area contributed by atoms with E-state index in [-0.39, 0.29) is 5.91 Å². The lowest BCUT2D eigenvalue weighted by Gasteiger charge is -2.21. The van der Waals surface area contributed by atoms with Gasteiger partial charge < -0.3 is 0 Å². The highest BCUT2D eigenvalue weighted by Crippen LogP contribution is 2.27. The normalized spacial score (nSPS) is 16.2. The van der Waals surface area contributed by atoms with Crippen LogP contribution in [0.15, 0.2) is 30.3 Å². The average Bonchev–Trinajstić information content (AvgIpc) is 2.45. The summed E-state index contributed by atoms with van der Waals surface area (Å²) in [5.41, 5.74) is 6.60. The summed E-state index contributed by atoms with van der Waals surface area (Å²) in [7, 11) is 0. The van der Waals surface area contributed by atoms with Crippen LogP contribution in [0.2, 0.25) is 0 Å². The maximum absolute atomic E-state index is 11.7. The zero-order valence-electron chi connectivity index (χ0n) is 10.8. The Morgan fingerprint density at radius 1 is 1.11 bits per heavy atom. The molecule has 18 heavy (non-hydrogen) atoms. The predicted octanol–water partition coefficient (Wildman–Crippen LogP) is 3.49. The third-order valence-corrected chi connectivity index (χ3v) is 3.62. The standard InChI is InChI=1S/C15H22N2O/c18-15(12-11-13-7-3-1-4-8-13)17-16-14-9-5-2-6-10-14/h2,5-6,9-10,13,16H,1,3-4,7-8,11-12H2,(H,17,18). The van der Waals surface area contributed by atoms with E-state index < -0.39 is 0 Å². The minimum atomic E-state index is 0.0874. The zero-order chi connectivity index (χ0) is 12.6. The number of carbonyl (C=O) groups excluding carboxylic acids is 1. The van der Waals surface area contributed by atoms with E-state index in [2.05, 4.69) is 10.9 Å². The number of hydrogen-bond donors (Lipinski definition) is 2. The van der Waals surface area contributed by atoms with E-state index in [1.807, 2.05) is 30.3 Å². The van der Waals surface area contributed by atoms with Crippen LogP contribution in [0.4, 0.5) is 5.69 Å². The minimum Gasteiger partial charge on any atom is -0.299 e. The van der Waals surface area contributed by atoms with E-state index in [0.717, 1.165) is 18.0 Å². The molecule has 1 amide bonds. The monoisotopic (exact) mass is 246 g/mol. The van der Waals surface area contributed by atoms with E-state index in [0.29, 0.717) is 6.42 Å². The molecule has 1 saturated carbocycles. The van der Waals surface area contributed by atoms with Crippen LogP contribution < -0.4 is 10.9 Å². The van der Waals surface area contributed by atoms with Gasteiger partial charge in [-0.3, -0.25) is 15.6 Å². The van der Waals surface area contributed by atoms with Gasteiger partial charge in [0.25, 0.3) is 0 Å². The second-order valence-corrected chi connectivity index (χ2v) is 5.08. The molecule has 0 aliphatic heterocycles. The van der Waals surface area contributed by atoms with Crippen molar-refractivity contribution in [2.75, 3.05) is 5.43 Å². The number of benzene rings is 1. The molecule has 0 spiro atoms. The Labute approximate surface area is 109 Å². The molecular formula is C15H22N2O. The summed E-state index contributed by atoms with van der Waals surface area (Å²) in [4.78, 5) is 11.7. The Balaban J connectivity index is 1.63. The molecule has 3 nitrogen and oxygen atoms in total. The van der Waals surface area contributed by atoms with Crippen molar-refractivity contribution in [3.63, 3.8) is 0 Å². The Bertz CT molecular complexity index is 358. The van der Waals surface area contributed by atoms with Crippen LogP contribution >= 0.6 is 0 Å². The van der Waals surface area contributed by atoms with Crippen molar-refractivity contribution in [3.05, 3.63) is 30.3 Å². The number of nitrogens with one attached hydrogen (secondary N) is 2. The summed E-state index contributed by atoms with van der Waals surface area (Å²) in [5.74, 6) is 0.852. The van der Waals surface area contributed by atoms with Gasteiger partial charge in [0.2, 0.25) is 5.91 Å². The molecule has 2 N–H and O–H groups in total. The van der Waals surface area contributed by atoms with E-state index in [4.69, 9.17) is 0 Å². The molecule has 1 aromatic rings. The minimum absolute atomic E-state index is 0.0874. The maximum Gasteiger partial charge on any atom is 0.238 e. The number of hydrogen-bond acceptors (Lipinski definition) is 2. The fraction of sp³-hybridized carbons (Fsp3) is 0.533. The summed E-state index contributed by atoms with van der Waals surface area (Å²) in [5, 5.41) is 0. The van der Waals surface area contributed by atoms with Gasteiger partial charge in [0.15, 0.2) is 0 Å². The topological polar surface area (TPSA) is 41.1 Å². The number of para-hydroxylation sites is 1. The Morgan fingerprint density at radius 2 is 1.83 bits per heavy atom. The third kappa shape index (κ3) is 4.40. The molecule has 1 fully saturated rings. The molecule has 0 atom stereocenters. The van der Waals surface area contributed by atoms with Crippen LogP contribution in [-0.2, 0) is 4.79 Å². The summed E-state index contributed by atoms with van der Waals surface area (Å²) in [6.45, 7) is 0. The van der Waals surface area contributed by atoms with Crippen LogP contribution in [0.25, 0.3) is 0 Å². The van der Waals surface area contributed by atoms with Crippen LogP contribution in [0.3, 0.4) is 0 Å². The van der Waals surface area contributed by atoms with Crippen molar-refractivity contribution in [2.24, 2.45) is 5.92 Å². The van der Waals surface area contributed by atoms with Crippen LogP contribution in [0.1, 0.15) is 44.9 Å². The molecule has 0 radical (unpaired) electrons. The van der Waals surface area contributed by atoms with E-state index in [1.54, 1.807) is 0 Å². The summed E-state index contributed by atoms with van der Waals surface area (Å²) in [6, 6.07) is 9.70. The molecule has 0 bridgehead atoms. The highest BCUT2D eigenvalue weighted by molar-refractivity contribution is 5.77. The number of anilines is 1. The SMILES string of the molecule is O=C(CCC1CCCCC1)NNc1ccccc1. The smallest absolute Gasteiger partial charge is 0.238 e. The van der Waals surface area contributed by atoms with Gasteiger partial charge in [-0.15, -0.1) is 0 Å². The zero-order valence-corrected chi connectivity index (χ0v) is 10.8. The van der Waals surface area contributed by atoms with E-state index in [1.165, 1.54) is 32.1 Å². The predicted molar refractivity (Wildman–Crippen MR) is 74.0 cm³/mol. The van der Waals surface area contributed by atoms with Gasteiger partial charge in [-0.25, -0.2) is 0 Å². The van der Waals surface area contributed by atoms with Gasteiger partial charge >= 0.3 is 0 Å². The first-order valence-electron chi connectivity index (χ1n) is 6.94. The molecule has 98 valence electrons. The van der Waals surface area contributed by atoms with Crippen LogP contribution in [0.5, 0.6) is 0 Å². The number of carbonyl (C=O) groups is 1. The lowest BCUT2D eigenvalue weighted by Crippen LogP contribution is -2.29. The summed E-state index contributed by atoms with van der Waals surface area (Å²) in [6.07, 6.45) is 8.33. The van der Waals surface area contributed by atoms with Gasteiger partial charge in [-0.1, -0.05) is 50.3 Å². The molecular weight excluding hydrogens is 224 g/mol. The number of amides is 1. The summed E-state index contributed by atoms with van der Waals surface area (Å²) >= 11 is 0. The average molecular weight is 246 g/mol. The fourth-order valence-corrected chi connectivity index (χ4v) is 2.54. The van der Waals surface area contributed by atoms with Gasteiger partial charge in [-0.2, -0.15) is 0 Å². The Morgan fingerprint density at radius 3 is 2.56 bits per heavy atom. The lowest BCUT2D eigenvalue weighted by atomic mass is 9.86. The number of hydrazine groups is 1. The molecule has 3 heteroatoms. The molecule has 1 aliphatic rings. The molecule has 0 unspecified atom stereocenters. The van der Waals surface area contributed by atoms with Crippen LogP contribution in [-0.4, -0.2) is 5.91 Å². The van der Waals surface area contributed by atoms with Gasteiger partial charge in [-0.05, 0) is 24.5 Å². The van der Waals surface area contributed by atoms with Crippen molar-refractivity contribution in [3.8, 4) is 0 Å². The Hall–Kier alpha value is -1.51. The van der Waals surface area contributed by atoms with Crippen molar-refractivity contribution in [1.82, 2.24) is 5.43 Å². The molecule has 0 heterocycles. The molecule has 2 rings (SSSR count). The Kier molecular flexibility index (Phi) is 5.06. The fourth-order valence-electron chi connectivity index (χ4n) is 2.54. The highest BCUT2D eigenvalue weighted by Gasteiger charge is 2.14. The summed E-state index contributed by atoms with van der Waals surface area (Å²) < 4.78 is 0. The van der Waals surface area contributed by atoms with Crippen molar-refractivity contribution in [1.29, 1.82) is 0 Å². The van der Waals surface area contributed by atoms with Gasteiger partial charge in [0.1, 0.15) is 0 Å². The second kappa shape index (κ2) is 7.04. The first kappa shape index (κ1) is 12.9. The van der Waals surface area contributed by atoms with Crippen LogP contribution in [0, 0.1) is 5.92 Å². The second-order valence-electron chi connectivity index (χ2n) is 5.08. The van der Waals surface area contributed by atoms with Gasteiger partial charge in [0, 0.05) is 6.42 Å². The van der Waals surface area contributed by atoms with Gasteiger partial charge in [0.05, 0.1) is 5.69 Å².